The van der Waals surface area contributed by atoms with Gasteiger partial charge >= 0.3 is 0 Å². The molecule has 0 spiro atoms. The number of sulfonamides is 2. The van der Waals surface area contributed by atoms with Crippen molar-refractivity contribution in [3.63, 3.8) is 0 Å². The van der Waals surface area contributed by atoms with Gasteiger partial charge in [-0.1, -0.05) is 30.3 Å². The number of carbonyl (C=O) groups is 1. The van der Waals surface area contributed by atoms with Gasteiger partial charge in [-0.25, -0.2) is 27.0 Å². The average molecular weight is 519 g/mol. The third-order valence-electron chi connectivity index (χ3n) is 4.98. The molecule has 0 aliphatic heterocycles. The number of anilines is 1. The van der Waals surface area contributed by atoms with Crippen molar-refractivity contribution >= 4 is 48.7 Å². The summed E-state index contributed by atoms with van der Waals surface area (Å²) in [5.41, 5.74) is 3.72. The number of carbonyl (C=O) groups excluding carboxylic acids is 1. The maximum atomic E-state index is 12.7. The lowest BCUT2D eigenvalue weighted by Gasteiger charge is -2.11. The van der Waals surface area contributed by atoms with Gasteiger partial charge in [0.15, 0.2) is 0 Å². The van der Waals surface area contributed by atoms with Gasteiger partial charge in [-0.2, -0.15) is 5.10 Å². The van der Waals surface area contributed by atoms with Crippen LogP contribution in [0.1, 0.15) is 35.7 Å². The van der Waals surface area contributed by atoms with E-state index in [9.17, 15) is 21.6 Å². The molecule has 3 N–H and O–H groups in total. The Bertz CT molecular complexity index is 1430. The molecule has 34 heavy (non-hydrogen) atoms. The standard InChI is InChI=1S/C22H22N4O5S3/c1-15(16-8-12-18(13-9-16)33(28,29)25-17-10-11-17)23-24-22(27)19-5-2-3-6-20(19)26-34(30,31)21-7-4-14-32-21/h2-9,12-14,17,25-26H,10-11H2,1H3,(H,24,27)/b23-15-. The minimum absolute atomic E-state index is 0.0147. The highest BCUT2D eigenvalue weighted by atomic mass is 32.2. The Morgan fingerprint density at radius 3 is 2.29 bits per heavy atom. The fourth-order valence-electron chi connectivity index (χ4n) is 3.00. The fraction of sp³-hybridized carbons (Fsp3) is 0.182. The van der Waals surface area contributed by atoms with Gasteiger partial charge in [0.2, 0.25) is 10.0 Å². The summed E-state index contributed by atoms with van der Waals surface area (Å²) in [6.45, 7) is 1.66. The fourth-order valence-corrected chi connectivity index (χ4v) is 6.38. The van der Waals surface area contributed by atoms with Gasteiger partial charge in [0, 0.05) is 6.04 Å². The van der Waals surface area contributed by atoms with Gasteiger partial charge in [-0.15, -0.1) is 11.3 Å². The zero-order chi connectivity index (χ0) is 24.3. The van der Waals surface area contributed by atoms with E-state index in [4.69, 9.17) is 0 Å². The van der Waals surface area contributed by atoms with E-state index >= 15 is 0 Å². The number of para-hydroxylation sites is 1. The predicted molar refractivity (Wildman–Crippen MR) is 131 cm³/mol. The molecular formula is C22H22N4O5S3. The summed E-state index contributed by atoms with van der Waals surface area (Å²) in [6.07, 6.45) is 1.70. The van der Waals surface area contributed by atoms with Crippen molar-refractivity contribution in [2.75, 3.05) is 4.72 Å². The molecule has 12 heteroatoms. The molecule has 1 fully saturated rings. The minimum Gasteiger partial charge on any atom is -0.278 e. The Balaban J connectivity index is 1.46. The second kappa shape index (κ2) is 9.66. The normalized spacial score (nSPS) is 14.6. The first-order valence-electron chi connectivity index (χ1n) is 10.3. The van der Waals surface area contributed by atoms with E-state index in [2.05, 4.69) is 20.0 Å². The monoisotopic (exact) mass is 518 g/mol. The van der Waals surface area contributed by atoms with E-state index in [1.165, 1.54) is 30.3 Å². The zero-order valence-electron chi connectivity index (χ0n) is 18.1. The highest BCUT2D eigenvalue weighted by molar-refractivity contribution is 7.94. The summed E-state index contributed by atoms with van der Waals surface area (Å²) in [5.74, 6) is -0.600. The van der Waals surface area contributed by atoms with Crippen molar-refractivity contribution in [1.29, 1.82) is 0 Å². The van der Waals surface area contributed by atoms with Gasteiger partial charge in [-0.3, -0.25) is 9.52 Å². The number of benzene rings is 2. The van der Waals surface area contributed by atoms with Gasteiger partial charge in [0.1, 0.15) is 4.21 Å². The van der Waals surface area contributed by atoms with E-state index in [-0.39, 0.29) is 26.4 Å². The van der Waals surface area contributed by atoms with Crippen molar-refractivity contribution in [3.8, 4) is 0 Å². The maximum absolute atomic E-state index is 12.7. The summed E-state index contributed by atoms with van der Waals surface area (Å²) < 4.78 is 54.9. The van der Waals surface area contributed by atoms with Crippen LogP contribution >= 0.6 is 11.3 Å². The number of amides is 1. The van der Waals surface area contributed by atoms with Crippen molar-refractivity contribution in [1.82, 2.24) is 10.1 Å². The molecule has 0 unspecified atom stereocenters. The molecule has 1 aliphatic rings. The van der Waals surface area contributed by atoms with Crippen LogP contribution in [-0.2, 0) is 20.0 Å². The van der Waals surface area contributed by atoms with E-state index in [1.54, 1.807) is 42.6 Å². The first kappa shape index (κ1) is 24.1. The van der Waals surface area contributed by atoms with Crippen molar-refractivity contribution < 1.29 is 21.6 Å². The Hall–Kier alpha value is -3.06. The molecule has 1 saturated carbocycles. The number of rotatable bonds is 9. The van der Waals surface area contributed by atoms with Crippen LogP contribution in [0, 0.1) is 0 Å². The van der Waals surface area contributed by atoms with E-state index < -0.39 is 26.0 Å². The molecule has 3 aromatic rings. The van der Waals surface area contributed by atoms with Crippen LogP contribution in [0.3, 0.4) is 0 Å². The quantitative estimate of drug-likeness (QED) is 0.296. The molecule has 1 aromatic heterocycles. The number of nitrogens with zero attached hydrogens (tertiary/aromatic N) is 1. The Kier molecular flexibility index (Phi) is 6.84. The molecule has 0 atom stereocenters. The number of thiophene rings is 1. The number of hydrogen-bond donors (Lipinski definition) is 3. The number of hydrogen-bond acceptors (Lipinski definition) is 7. The SMILES string of the molecule is C/C(=N/NC(=O)c1ccccc1NS(=O)(=O)c1cccs1)c1ccc(S(=O)(=O)NC2CC2)cc1. The predicted octanol–water partition coefficient (Wildman–Crippen LogP) is 3.14. The third-order valence-corrected chi connectivity index (χ3v) is 9.28. The lowest BCUT2D eigenvalue weighted by molar-refractivity contribution is 0.0955. The summed E-state index contributed by atoms with van der Waals surface area (Å²) in [7, 11) is -7.37. The summed E-state index contributed by atoms with van der Waals surface area (Å²) in [4.78, 5) is 12.9. The highest BCUT2D eigenvalue weighted by Gasteiger charge is 2.28. The van der Waals surface area contributed by atoms with Crippen LogP contribution in [0.25, 0.3) is 0 Å². The topological polar surface area (TPSA) is 134 Å². The van der Waals surface area contributed by atoms with Crippen LogP contribution in [-0.4, -0.2) is 34.5 Å². The molecule has 1 aliphatic carbocycles. The molecule has 9 nitrogen and oxygen atoms in total. The third kappa shape index (κ3) is 5.70. The van der Waals surface area contributed by atoms with Crippen LogP contribution < -0.4 is 14.9 Å². The number of hydrazone groups is 1. The zero-order valence-corrected chi connectivity index (χ0v) is 20.5. The summed E-state index contributed by atoms with van der Waals surface area (Å²) in [6, 6.07) is 15.5. The Morgan fingerprint density at radius 2 is 1.65 bits per heavy atom. The second-order valence-corrected chi connectivity index (χ2v) is 12.2. The molecule has 1 amide bonds. The molecule has 1 heterocycles. The van der Waals surface area contributed by atoms with Gasteiger partial charge < -0.3 is 0 Å². The van der Waals surface area contributed by atoms with Crippen molar-refractivity contribution in [2.45, 2.75) is 34.9 Å². The van der Waals surface area contributed by atoms with Gasteiger partial charge in [-0.05, 0) is 61.0 Å². The van der Waals surface area contributed by atoms with Gasteiger partial charge in [0.05, 0.1) is 21.9 Å². The average Bonchev–Trinajstić information content (AvgIpc) is 3.42. The van der Waals surface area contributed by atoms with Crippen LogP contribution in [0.15, 0.2) is 80.2 Å². The maximum Gasteiger partial charge on any atom is 0.273 e. The smallest absolute Gasteiger partial charge is 0.273 e. The summed E-state index contributed by atoms with van der Waals surface area (Å²) >= 11 is 1.07. The number of nitrogens with one attached hydrogen (secondary N) is 3. The van der Waals surface area contributed by atoms with Crippen LogP contribution in [0.4, 0.5) is 5.69 Å². The van der Waals surface area contributed by atoms with Crippen LogP contribution in [0.2, 0.25) is 0 Å². The molecular weight excluding hydrogens is 496 g/mol. The molecule has 0 saturated heterocycles. The lowest BCUT2D eigenvalue weighted by atomic mass is 10.1. The molecule has 0 radical (unpaired) electrons. The summed E-state index contributed by atoms with van der Waals surface area (Å²) in [5, 5.41) is 5.73. The van der Waals surface area contributed by atoms with E-state index in [0.717, 1.165) is 24.2 Å². The van der Waals surface area contributed by atoms with Crippen molar-refractivity contribution in [2.24, 2.45) is 5.10 Å². The van der Waals surface area contributed by atoms with Gasteiger partial charge in [0.25, 0.3) is 15.9 Å². The van der Waals surface area contributed by atoms with E-state index in [0.29, 0.717) is 11.3 Å². The molecule has 0 bridgehead atoms. The van der Waals surface area contributed by atoms with Crippen molar-refractivity contribution in [3.05, 3.63) is 77.2 Å². The lowest BCUT2D eigenvalue weighted by Crippen LogP contribution is -2.25. The molecule has 178 valence electrons. The molecule has 4 rings (SSSR count). The largest absolute Gasteiger partial charge is 0.278 e. The Labute approximate surface area is 202 Å². The first-order valence-corrected chi connectivity index (χ1v) is 14.1. The van der Waals surface area contributed by atoms with E-state index in [1.807, 2.05) is 0 Å². The van der Waals surface area contributed by atoms with Crippen LogP contribution in [0.5, 0.6) is 0 Å². The Morgan fingerprint density at radius 1 is 0.941 bits per heavy atom. The first-order chi connectivity index (χ1) is 16.2. The highest BCUT2D eigenvalue weighted by Crippen LogP contribution is 2.24. The minimum atomic E-state index is -3.82. The molecule has 2 aromatic carbocycles. The second-order valence-electron chi connectivity index (χ2n) is 7.64.